The van der Waals surface area contributed by atoms with E-state index in [1.165, 1.54) is 28.4 Å². The summed E-state index contributed by atoms with van der Waals surface area (Å²) in [6, 6.07) is 0. The molecule has 2 aromatic heterocycles. The molecule has 2 rings (SSSR count). The van der Waals surface area contributed by atoms with Crippen LogP contribution in [0.5, 0.6) is 0 Å². The van der Waals surface area contributed by atoms with Crippen LogP contribution in [0, 0.1) is 10.1 Å². The molecule has 0 aliphatic carbocycles. The van der Waals surface area contributed by atoms with Crippen LogP contribution in [0.25, 0.3) is 0 Å². The van der Waals surface area contributed by atoms with Gasteiger partial charge in [-0.3, -0.25) is 19.6 Å². The number of nitrogens with one attached hydrogen (secondary N) is 1. The fourth-order valence-corrected chi connectivity index (χ4v) is 1.98. The fourth-order valence-electron chi connectivity index (χ4n) is 1.44. The van der Waals surface area contributed by atoms with Gasteiger partial charge in [-0.2, -0.15) is 5.10 Å². The summed E-state index contributed by atoms with van der Waals surface area (Å²) in [5.74, 6) is -0.128. The summed E-state index contributed by atoms with van der Waals surface area (Å²) >= 11 is 1.35. The van der Waals surface area contributed by atoms with Gasteiger partial charge in [-0.15, -0.1) is 11.3 Å². The maximum absolute atomic E-state index is 11.5. The van der Waals surface area contributed by atoms with Gasteiger partial charge in [0, 0.05) is 24.5 Å². The molecule has 0 bridgehead atoms. The van der Waals surface area contributed by atoms with E-state index in [4.69, 9.17) is 0 Å². The van der Waals surface area contributed by atoms with Gasteiger partial charge in [-0.05, 0) is 6.42 Å². The molecule has 1 amide bonds. The zero-order valence-corrected chi connectivity index (χ0v) is 10.7. The Kier molecular flexibility index (Phi) is 4.18. The fraction of sp³-hybridized carbons (Fsp3) is 0.300. The third-order valence-corrected chi connectivity index (χ3v) is 2.99. The maximum atomic E-state index is 11.5. The van der Waals surface area contributed by atoms with Gasteiger partial charge in [0.2, 0.25) is 5.91 Å². The summed E-state index contributed by atoms with van der Waals surface area (Å²) < 4.78 is 1.45. The van der Waals surface area contributed by atoms with Crippen molar-refractivity contribution in [3.63, 3.8) is 0 Å². The van der Waals surface area contributed by atoms with E-state index in [0.29, 0.717) is 24.5 Å². The molecule has 0 fully saturated rings. The topological polar surface area (TPSA) is 103 Å². The molecule has 0 unspecified atom stereocenters. The summed E-state index contributed by atoms with van der Waals surface area (Å²) in [5.41, 5.74) is -0.0489. The molecule has 0 aliphatic heterocycles. The minimum Gasteiger partial charge on any atom is -0.302 e. The number of thiazole rings is 1. The van der Waals surface area contributed by atoms with E-state index < -0.39 is 4.92 Å². The van der Waals surface area contributed by atoms with Crippen molar-refractivity contribution in [2.75, 3.05) is 5.32 Å². The Morgan fingerprint density at radius 2 is 2.42 bits per heavy atom. The zero-order valence-electron chi connectivity index (χ0n) is 9.85. The molecule has 0 radical (unpaired) electrons. The molecule has 0 spiro atoms. The molecule has 0 aliphatic rings. The summed E-state index contributed by atoms with van der Waals surface area (Å²) in [5, 5.41) is 19.3. The number of carbonyl (C=O) groups excluding carboxylic acids is 1. The largest absolute Gasteiger partial charge is 0.306 e. The van der Waals surface area contributed by atoms with Gasteiger partial charge in [0.05, 0.1) is 4.92 Å². The normalized spacial score (nSPS) is 10.3. The second kappa shape index (κ2) is 6.05. The number of nitro groups is 1. The zero-order chi connectivity index (χ0) is 13.7. The number of amides is 1. The van der Waals surface area contributed by atoms with E-state index in [-0.39, 0.29) is 11.6 Å². The van der Waals surface area contributed by atoms with Crippen molar-refractivity contribution in [3.8, 4) is 0 Å². The highest BCUT2D eigenvalue weighted by Gasteiger charge is 2.09. The Hall–Kier alpha value is -2.29. The first kappa shape index (κ1) is 13.1. The van der Waals surface area contributed by atoms with Gasteiger partial charge < -0.3 is 5.32 Å². The number of anilines is 1. The average Bonchev–Trinajstić information content (AvgIpc) is 3.00. The first-order valence-electron chi connectivity index (χ1n) is 5.51. The lowest BCUT2D eigenvalue weighted by molar-refractivity contribution is -0.385. The second-order valence-corrected chi connectivity index (χ2v) is 4.60. The SMILES string of the molecule is O=C(CCCn1cc([N+](=O)[O-])cn1)Nc1nccs1. The van der Waals surface area contributed by atoms with Crippen molar-refractivity contribution in [2.45, 2.75) is 19.4 Å². The summed E-state index contributed by atoms with van der Waals surface area (Å²) in [4.78, 5) is 25.4. The van der Waals surface area contributed by atoms with Crippen LogP contribution in [0.3, 0.4) is 0 Å². The third-order valence-electron chi connectivity index (χ3n) is 2.30. The van der Waals surface area contributed by atoms with Gasteiger partial charge in [-0.1, -0.05) is 0 Å². The summed E-state index contributed by atoms with van der Waals surface area (Å²) in [6.07, 6.45) is 5.01. The lowest BCUT2D eigenvalue weighted by atomic mass is 10.3. The number of aryl methyl sites for hydroxylation is 1. The van der Waals surface area contributed by atoms with Gasteiger partial charge >= 0.3 is 5.69 Å². The van der Waals surface area contributed by atoms with E-state index >= 15 is 0 Å². The van der Waals surface area contributed by atoms with Crippen LogP contribution < -0.4 is 5.32 Å². The minimum atomic E-state index is -0.501. The predicted molar refractivity (Wildman–Crippen MR) is 68.9 cm³/mol. The Balaban J connectivity index is 1.73. The molecule has 2 heterocycles. The molecule has 19 heavy (non-hydrogen) atoms. The second-order valence-electron chi connectivity index (χ2n) is 3.71. The van der Waals surface area contributed by atoms with Gasteiger partial charge in [0.1, 0.15) is 12.4 Å². The quantitative estimate of drug-likeness (QED) is 0.640. The number of hydrogen-bond acceptors (Lipinski definition) is 6. The first-order valence-corrected chi connectivity index (χ1v) is 6.39. The highest BCUT2D eigenvalue weighted by atomic mass is 32.1. The lowest BCUT2D eigenvalue weighted by Gasteiger charge is -2.01. The number of nitrogens with zero attached hydrogens (tertiary/aromatic N) is 4. The molecule has 2 aromatic rings. The van der Waals surface area contributed by atoms with Crippen molar-refractivity contribution >= 4 is 28.1 Å². The van der Waals surface area contributed by atoms with Crippen molar-refractivity contribution in [1.82, 2.24) is 14.8 Å². The first-order chi connectivity index (χ1) is 9.15. The van der Waals surface area contributed by atoms with E-state index in [2.05, 4.69) is 15.4 Å². The Morgan fingerprint density at radius 3 is 3.05 bits per heavy atom. The maximum Gasteiger partial charge on any atom is 0.306 e. The predicted octanol–water partition coefficient (Wildman–Crippen LogP) is 1.67. The molecule has 0 saturated carbocycles. The smallest absolute Gasteiger partial charge is 0.302 e. The van der Waals surface area contributed by atoms with E-state index in [1.807, 2.05) is 0 Å². The molecule has 9 heteroatoms. The van der Waals surface area contributed by atoms with Crippen molar-refractivity contribution in [1.29, 1.82) is 0 Å². The van der Waals surface area contributed by atoms with Gasteiger partial charge in [-0.25, -0.2) is 4.98 Å². The van der Waals surface area contributed by atoms with Crippen LogP contribution in [0.4, 0.5) is 10.8 Å². The molecular weight excluding hydrogens is 270 g/mol. The Bertz CT molecular complexity index is 565. The van der Waals surface area contributed by atoms with E-state index in [1.54, 1.807) is 11.6 Å². The molecule has 0 saturated heterocycles. The van der Waals surface area contributed by atoms with Crippen LogP contribution in [0.2, 0.25) is 0 Å². The van der Waals surface area contributed by atoms with Gasteiger partial charge in [0.15, 0.2) is 5.13 Å². The highest BCUT2D eigenvalue weighted by Crippen LogP contribution is 2.11. The van der Waals surface area contributed by atoms with E-state index in [9.17, 15) is 14.9 Å². The molecule has 1 N–H and O–H groups in total. The van der Waals surface area contributed by atoms with Crippen LogP contribution in [0.1, 0.15) is 12.8 Å². The van der Waals surface area contributed by atoms with E-state index in [0.717, 1.165) is 0 Å². The van der Waals surface area contributed by atoms with Crippen LogP contribution in [-0.4, -0.2) is 25.6 Å². The molecule has 100 valence electrons. The molecular formula is C10H11N5O3S. The number of rotatable bonds is 6. The summed E-state index contributed by atoms with van der Waals surface area (Å²) in [7, 11) is 0. The van der Waals surface area contributed by atoms with Crippen LogP contribution in [0.15, 0.2) is 24.0 Å². The van der Waals surface area contributed by atoms with Crippen LogP contribution in [-0.2, 0) is 11.3 Å². The number of carbonyl (C=O) groups is 1. The van der Waals surface area contributed by atoms with Crippen molar-refractivity contribution in [3.05, 3.63) is 34.1 Å². The Labute approximate surface area is 112 Å². The molecule has 0 aromatic carbocycles. The molecule has 0 atom stereocenters. The minimum absolute atomic E-state index is 0.0489. The average molecular weight is 281 g/mol. The summed E-state index contributed by atoms with van der Waals surface area (Å²) in [6.45, 7) is 0.457. The standard InChI is InChI=1S/C10H11N5O3S/c16-9(13-10-11-3-5-19-10)2-1-4-14-7-8(6-12-14)15(17)18/h3,5-7H,1-2,4H2,(H,11,13,16). The number of aromatic nitrogens is 3. The van der Waals surface area contributed by atoms with Crippen LogP contribution >= 0.6 is 11.3 Å². The Morgan fingerprint density at radius 1 is 1.58 bits per heavy atom. The van der Waals surface area contributed by atoms with Crippen molar-refractivity contribution < 1.29 is 9.72 Å². The third kappa shape index (κ3) is 3.85. The molecule has 8 nitrogen and oxygen atoms in total. The van der Waals surface area contributed by atoms with Gasteiger partial charge in [0.25, 0.3) is 0 Å². The number of hydrogen-bond donors (Lipinski definition) is 1. The highest BCUT2D eigenvalue weighted by molar-refractivity contribution is 7.13. The monoisotopic (exact) mass is 281 g/mol. The van der Waals surface area contributed by atoms with Crippen molar-refractivity contribution in [2.24, 2.45) is 0 Å². The lowest BCUT2D eigenvalue weighted by Crippen LogP contribution is -2.12.